The van der Waals surface area contributed by atoms with E-state index in [0.717, 1.165) is 30.9 Å². The van der Waals surface area contributed by atoms with Crippen LogP contribution < -0.4 is 5.56 Å². The summed E-state index contributed by atoms with van der Waals surface area (Å²) in [5.41, 5.74) is 0.764. The Morgan fingerprint density at radius 3 is 2.67 bits per heavy atom. The maximum Gasteiger partial charge on any atom is 0.274 e. The number of fused-ring (bicyclic) bond motifs is 1. The number of hydrogen-bond acceptors (Lipinski definition) is 3. The average Bonchev–Trinajstić information content (AvgIpc) is 2.62. The fourth-order valence-electron chi connectivity index (χ4n) is 1.99. The second kappa shape index (κ2) is 4.92. The Kier molecular flexibility index (Phi) is 3.50. The third-order valence-corrected chi connectivity index (χ3v) is 3.09. The largest absolute Gasteiger partial charge is 0.274 e. The Bertz CT molecular complexity index is 609. The molecule has 0 fully saturated rings. The third-order valence-electron chi connectivity index (χ3n) is 3.09. The minimum atomic E-state index is -0.0413. The Morgan fingerprint density at radius 1 is 1.33 bits per heavy atom. The molecule has 5 nitrogen and oxygen atoms in total. The van der Waals surface area contributed by atoms with Gasteiger partial charge >= 0.3 is 0 Å². The molecule has 0 saturated heterocycles. The molecule has 0 bridgehead atoms. The maximum absolute atomic E-state index is 12.2. The van der Waals surface area contributed by atoms with Crippen LogP contribution >= 0.6 is 0 Å². The van der Waals surface area contributed by atoms with Crippen molar-refractivity contribution in [3.63, 3.8) is 0 Å². The Balaban J connectivity index is 2.61. The summed E-state index contributed by atoms with van der Waals surface area (Å²) in [6.45, 7) is 8.91. The molecule has 2 rings (SSSR count). The molecule has 2 heterocycles. The molecule has 0 N–H and O–H groups in total. The van der Waals surface area contributed by atoms with Crippen LogP contribution in [0.5, 0.6) is 0 Å². The first-order valence-corrected chi connectivity index (χ1v) is 6.51. The molecule has 0 aliphatic heterocycles. The molecular weight excluding hydrogens is 228 g/mol. The molecule has 0 spiro atoms. The second-order valence-electron chi connectivity index (χ2n) is 4.92. The van der Waals surface area contributed by atoms with Crippen molar-refractivity contribution in [3.8, 4) is 0 Å². The number of nitrogens with zero attached hydrogens (tertiary/aromatic N) is 4. The molecule has 98 valence electrons. The molecule has 0 aliphatic carbocycles. The standard InChI is InChI=1S/C13H20N4O/c1-5-6-7-16-10(4)14-13-15-11(9(2)3)8-12(18)17(13)16/h8-9H,5-7H2,1-4H3. The molecule has 0 radical (unpaired) electrons. The first-order chi connectivity index (χ1) is 8.54. The van der Waals surface area contributed by atoms with Gasteiger partial charge in [0.25, 0.3) is 11.3 Å². The van der Waals surface area contributed by atoms with Crippen LogP contribution in [0.4, 0.5) is 0 Å². The lowest BCUT2D eigenvalue weighted by Gasteiger charge is -2.07. The lowest BCUT2D eigenvalue weighted by Crippen LogP contribution is -2.22. The predicted molar refractivity (Wildman–Crippen MR) is 71.0 cm³/mol. The number of aryl methyl sites for hydroxylation is 2. The van der Waals surface area contributed by atoms with Crippen molar-refractivity contribution >= 4 is 5.78 Å². The van der Waals surface area contributed by atoms with Crippen LogP contribution in [0.1, 0.15) is 51.0 Å². The van der Waals surface area contributed by atoms with Crippen molar-refractivity contribution in [2.45, 2.75) is 53.0 Å². The van der Waals surface area contributed by atoms with Gasteiger partial charge in [0.2, 0.25) is 0 Å². The SMILES string of the molecule is CCCCn1c(C)nc2nc(C(C)C)cc(=O)n21. The summed E-state index contributed by atoms with van der Waals surface area (Å²) >= 11 is 0. The highest BCUT2D eigenvalue weighted by molar-refractivity contribution is 5.29. The molecule has 2 aromatic heterocycles. The van der Waals surface area contributed by atoms with Gasteiger partial charge in [0, 0.05) is 12.6 Å². The molecule has 0 unspecified atom stereocenters. The lowest BCUT2D eigenvalue weighted by atomic mass is 10.1. The van der Waals surface area contributed by atoms with Gasteiger partial charge in [-0.05, 0) is 19.3 Å². The van der Waals surface area contributed by atoms with Crippen molar-refractivity contribution in [3.05, 3.63) is 27.9 Å². The van der Waals surface area contributed by atoms with Gasteiger partial charge in [-0.3, -0.25) is 9.48 Å². The minimum Gasteiger partial charge on any atom is -0.267 e. The highest BCUT2D eigenvalue weighted by atomic mass is 16.1. The maximum atomic E-state index is 12.2. The van der Waals surface area contributed by atoms with E-state index in [1.54, 1.807) is 10.6 Å². The van der Waals surface area contributed by atoms with Crippen molar-refractivity contribution in [1.29, 1.82) is 0 Å². The molecule has 0 amide bonds. The Morgan fingerprint density at radius 2 is 2.06 bits per heavy atom. The summed E-state index contributed by atoms with van der Waals surface area (Å²) in [5.74, 6) is 1.59. The van der Waals surface area contributed by atoms with E-state index in [9.17, 15) is 4.79 Å². The fourth-order valence-corrected chi connectivity index (χ4v) is 1.99. The van der Waals surface area contributed by atoms with E-state index in [0.29, 0.717) is 5.78 Å². The van der Waals surface area contributed by atoms with Gasteiger partial charge in [-0.2, -0.15) is 9.50 Å². The van der Waals surface area contributed by atoms with Crippen LogP contribution in [0, 0.1) is 6.92 Å². The van der Waals surface area contributed by atoms with Crippen LogP contribution in [-0.2, 0) is 6.54 Å². The lowest BCUT2D eigenvalue weighted by molar-refractivity contribution is 0.519. The molecule has 2 aromatic rings. The van der Waals surface area contributed by atoms with Gasteiger partial charge < -0.3 is 0 Å². The normalized spacial score (nSPS) is 11.6. The topological polar surface area (TPSA) is 52.2 Å². The molecule has 5 heteroatoms. The molecular formula is C13H20N4O. The monoisotopic (exact) mass is 248 g/mol. The van der Waals surface area contributed by atoms with Crippen LogP contribution in [-0.4, -0.2) is 19.2 Å². The van der Waals surface area contributed by atoms with E-state index in [-0.39, 0.29) is 11.5 Å². The number of unbranched alkanes of at least 4 members (excludes halogenated alkanes) is 1. The molecule has 0 aromatic carbocycles. The van der Waals surface area contributed by atoms with E-state index >= 15 is 0 Å². The summed E-state index contributed by atoms with van der Waals surface area (Å²) in [6.07, 6.45) is 2.12. The van der Waals surface area contributed by atoms with Crippen LogP contribution in [0.2, 0.25) is 0 Å². The van der Waals surface area contributed by atoms with Gasteiger partial charge in [0.1, 0.15) is 5.82 Å². The average molecular weight is 248 g/mol. The van der Waals surface area contributed by atoms with Crippen molar-refractivity contribution in [1.82, 2.24) is 19.2 Å². The van der Waals surface area contributed by atoms with E-state index in [1.807, 2.05) is 25.5 Å². The molecule has 18 heavy (non-hydrogen) atoms. The van der Waals surface area contributed by atoms with Crippen LogP contribution in [0.25, 0.3) is 5.78 Å². The smallest absolute Gasteiger partial charge is 0.267 e. The van der Waals surface area contributed by atoms with E-state index in [1.165, 1.54) is 0 Å². The van der Waals surface area contributed by atoms with Crippen LogP contribution in [0.15, 0.2) is 10.9 Å². The predicted octanol–water partition coefficient (Wildman–Crippen LogP) is 2.12. The van der Waals surface area contributed by atoms with E-state index in [4.69, 9.17) is 0 Å². The quantitative estimate of drug-likeness (QED) is 0.832. The highest BCUT2D eigenvalue weighted by Crippen LogP contribution is 2.10. The van der Waals surface area contributed by atoms with Crippen molar-refractivity contribution in [2.24, 2.45) is 0 Å². The summed E-state index contributed by atoms with van der Waals surface area (Å²) in [7, 11) is 0. The summed E-state index contributed by atoms with van der Waals surface area (Å²) in [6, 6.07) is 1.61. The van der Waals surface area contributed by atoms with Crippen molar-refractivity contribution in [2.75, 3.05) is 0 Å². The minimum absolute atomic E-state index is 0.0413. The van der Waals surface area contributed by atoms with Gasteiger partial charge in [-0.25, -0.2) is 4.98 Å². The van der Waals surface area contributed by atoms with E-state index in [2.05, 4.69) is 16.9 Å². The fraction of sp³-hybridized carbons (Fsp3) is 0.615. The molecule has 0 atom stereocenters. The zero-order valence-electron chi connectivity index (χ0n) is 11.5. The summed E-state index contributed by atoms with van der Waals surface area (Å²) in [5, 5.41) is 0. The van der Waals surface area contributed by atoms with Gasteiger partial charge in [0.05, 0.1) is 5.69 Å². The van der Waals surface area contributed by atoms with E-state index < -0.39 is 0 Å². The zero-order chi connectivity index (χ0) is 13.3. The second-order valence-corrected chi connectivity index (χ2v) is 4.92. The van der Waals surface area contributed by atoms with Gasteiger partial charge in [-0.15, -0.1) is 0 Å². The van der Waals surface area contributed by atoms with Gasteiger partial charge in [-0.1, -0.05) is 27.2 Å². The first-order valence-electron chi connectivity index (χ1n) is 6.51. The van der Waals surface area contributed by atoms with Crippen LogP contribution in [0.3, 0.4) is 0 Å². The third kappa shape index (κ3) is 2.17. The number of rotatable bonds is 4. The zero-order valence-corrected chi connectivity index (χ0v) is 11.5. The summed E-state index contributed by atoms with van der Waals surface area (Å²) in [4.78, 5) is 21.0. The Hall–Kier alpha value is -1.65. The molecule has 0 saturated carbocycles. The number of aromatic nitrogens is 4. The highest BCUT2D eigenvalue weighted by Gasteiger charge is 2.12. The van der Waals surface area contributed by atoms with Gasteiger partial charge in [0.15, 0.2) is 0 Å². The first kappa shape index (κ1) is 12.8. The Labute approximate surface area is 106 Å². The van der Waals surface area contributed by atoms with Crippen molar-refractivity contribution < 1.29 is 0 Å². The summed E-state index contributed by atoms with van der Waals surface area (Å²) < 4.78 is 3.50. The number of hydrogen-bond donors (Lipinski definition) is 0. The molecule has 0 aliphatic rings.